The second-order valence-electron chi connectivity index (χ2n) is 6.50. The Bertz CT molecular complexity index is 913. The van der Waals surface area contributed by atoms with Crippen molar-refractivity contribution in [1.29, 1.82) is 0 Å². The van der Waals surface area contributed by atoms with Gasteiger partial charge >= 0.3 is 0 Å². The van der Waals surface area contributed by atoms with Gasteiger partial charge in [-0.25, -0.2) is 8.42 Å². The van der Waals surface area contributed by atoms with Crippen LogP contribution in [-0.2, 0) is 21.2 Å². The summed E-state index contributed by atoms with van der Waals surface area (Å²) in [7, 11) is -3.68. The first kappa shape index (κ1) is 20.8. The van der Waals surface area contributed by atoms with Crippen LogP contribution in [0.25, 0.3) is 0 Å². The number of amides is 1. The summed E-state index contributed by atoms with van der Waals surface area (Å²) in [6.07, 6.45) is 1.62. The number of hydrogen-bond donors (Lipinski definition) is 1. The standard InChI is InChI=1S/C20H23ClN2O4S/c21-19-9-8-17(28(25,26)23-11-13-27-14-12-23)15-18(19)20(24)22-10-4-7-16-5-2-1-3-6-16/h1-3,5-6,8-9,15H,4,7,10-14H2,(H,22,24). The largest absolute Gasteiger partial charge is 0.379 e. The fourth-order valence-electron chi connectivity index (χ4n) is 3.01. The van der Waals surface area contributed by atoms with Gasteiger partial charge in [-0.3, -0.25) is 4.79 Å². The lowest BCUT2D eigenvalue weighted by atomic mass is 10.1. The van der Waals surface area contributed by atoms with Crippen molar-refractivity contribution >= 4 is 27.5 Å². The van der Waals surface area contributed by atoms with Crippen molar-refractivity contribution in [2.45, 2.75) is 17.7 Å². The summed E-state index contributed by atoms with van der Waals surface area (Å²) in [5.74, 6) is -0.378. The van der Waals surface area contributed by atoms with Crippen molar-refractivity contribution in [3.05, 3.63) is 64.7 Å². The molecule has 0 atom stereocenters. The van der Waals surface area contributed by atoms with Crippen LogP contribution in [0.4, 0.5) is 0 Å². The summed E-state index contributed by atoms with van der Waals surface area (Å²) in [5, 5.41) is 3.04. The molecule has 0 saturated carbocycles. The first-order valence-corrected chi connectivity index (χ1v) is 11.0. The fraction of sp³-hybridized carbons (Fsp3) is 0.350. The number of carbonyl (C=O) groups is 1. The van der Waals surface area contributed by atoms with E-state index in [1.165, 1.54) is 28.1 Å². The maximum absolute atomic E-state index is 12.8. The molecule has 1 aliphatic heterocycles. The first-order valence-electron chi connectivity index (χ1n) is 9.18. The van der Waals surface area contributed by atoms with Crippen LogP contribution in [0.2, 0.25) is 5.02 Å². The zero-order chi connectivity index (χ0) is 20.0. The summed E-state index contributed by atoms with van der Waals surface area (Å²) in [6, 6.07) is 14.2. The predicted octanol–water partition coefficient (Wildman–Crippen LogP) is 2.72. The van der Waals surface area contributed by atoms with E-state index in [0.29, 0.717) is 32.8 Å². The lowest BCUT2D eigenvalue weighted by Gasteiger charge is -2.26. The van der Waals surface area contributed by atoms with Gasteiger partial charge in [0.05, 0.1) is 28.7 Å². The molecule has 0 spiro atoms. The highest BCUT2D eigenvalue weighted by atomic mass is 35.5. The van der Waals surface area contributed by atoms with Gasteiger partial charge in [-0.1, -0.05) is 41.9 Å². The monoisotopic (exact) mass is 422 g/mol. The van der Waals surface area contributed by atoms with Crippen LogP contribution in [0.15, 0.2) is 53.4 Å². The van der Waals surface area contributed by atoms with Crippen molar-refractivity contribution in [2.24, 2.45) is 0 Å². The van der Waals surface area contributed by atoms with Crippen molar-refractivity contribution in [3.63, 3.8) is 0 Å². The van der Waals surface area contributed by atoms with Crippen molar-refractivity contribution in [1.82, 2.24) is 9.62 Å². The zero-order valence-corrected chi connectivity index (χ0v) is 17.0. The Balaban J connectivity index is 1.64. The normalized spacial score (nSPS) is 15.3. The number of carbonyl (C=O) groups excluding carboxylic acids is 1. The SMILES string of the molecule is O=C(NCCCc1ccccc1)c1cc(S(=O)(=O)N2CCOCC2)ccc1Cl. The number of sulfonamides is 1. The Labute approximate surface area is 170 Å². The molecule has 1 saturated heterocycles. The van der Waals surface area contributed by atoms with Gasteiger partial charge in [0.15, 0.2) is 0 Å². The van der Waals surface area contributed by atoms with Gasteiger partial charge < -0.3 is 10.1 Å². The van der Waals surface area contributed by atoms with E-state index in [4.69, 9.17) is 16.3 Å². The Hall–Kier alpha value is -1.93. The van der Waals surface area contributed by atoms with Crippen LogP contribution in [0, 0.1) is 0 Å². The lowest BCUT2D eigenvalue weighted by Crippen LogP contribution is -2.40. The number of morpholine rings is 1. The van der Waals surface area contributed by atoms with Crippen LogP contribution in [0.1, 0.15) is 22.3 Å². The number of hydrogen-bond acceptors (Lipinski definition) is 4. The first-order chi connectivity index (χ1) is 13.5. The predicted molar refractivity (Wildman–Crippen MR) is 108 cm³/mol. The Morgan fingerprint density at radius 2 is 1.82 bits per heavy atom. The van der Waals surface area contributed by atoms with E-state index in [9.17, 15) is 13.2 Å². The van der Waals surface area contributed by atoms with E-state index in [1.54, 1.807) is 0 Å². The number of aryl methyl sites for hydroxylation is 1. The molecule has 1 aliphatic rings. The number of rotatable bonds is 7. The van der Waals surface area contributed by atoms with Gasteiger partial charge in [0.2, 0.25) is 10.0 Å². The number of nitrogens with zero attached hydrogens (tertiary/aromatic N) is 1. The molecular weight excluding hydrogens is 400 g/mol. The van der Waals surface area contributed by atoms with E-state index in [-0.39, 0.29) is 21.4 Å². The number of nitrogens with one attached hydrogen (secondary N) is 1. The molecule has 28 heavy (non-hydrogen) atoms. The highest BCUT2D eigenvalue weighted by molar-refractivity contribution is 7.89. The molecule has 0 bridgehead atoms. The highest BCUT2D eigenvalue weighted by Crippen LogP contribution is 2.23. The smallest absolute Gasteiger partial charge is 0.252 e. The van der Waals surface area contributed by atoms with Crippen molar-refractivity contribution in [2.75, 3.05) is 32.8 Å². The van der Waals surface area contributed by atoms with Crippen molar-refractivity contribution in [3.8, 4) is 0 Å². The molecule has 0 aromatic heterocycles. The summed E-state index contributed by atoms with van der Waals surface area (Å²) in [6.45, 7) is 1.80. The molecule has 2 aromatic carbocycles. The minimum Gasteiger partial charge on any atom is -0.379 e. The fourth-order valence-corrected chi connectivity index (χ4v) is 4.65. The van der Waals surface area contributed by atoms with Gasteiger partial charge in [-0.15, -0.1) is 0 Å². The van der Waals surface area contributed by atoms with Crippen LogP contribution in [0.5, 0.6) is 0 Å². The maximum Gasteiger partial charge on any atom is 0.252 e. The Morgan fingerprint density at radius 1 is 1.11 bits per heavy atom. The van der Waals surface area contributed by atoms with Crippen LogP contribution >= 0.6 is 11.6 Å². The van der Waals surface area contributed by atoms with E-state index in [1.807, 2.05) is 30.3 Å². The molecule has 8 heteroatoms. The summed E-state index contributed by atoms with van der Waals surface area (Å²) >= 11 is 6.15. The molecule has 6 nitrogen and oxygen atoms in total. The molecule has 1 N–H and O–H groups in total. The lowest BCUT2D eigenvalue weighted by molar-refractivity contribution is 0.0730. The molecule has 1 fully saturated rings. The third kappa shape index (κ3) is 5.11. The molecule has 0 radical (unpaired) electrons. The molecule has 3 rings (SSSR count). The van der Waals surface area contributed by atoms with Crippen molar-refractivity contribution < 1.29 is 17.9 Å². The van der Waals surface area contributed by atoms with Crippen LogP contribution < -0.4 is 5.32 Å². The van der Waals surface area contributed by atoms with Gasteiger partial charge in [-0.2, -0.15) is 4.31 Å². The van der Waals surface area contributed by atoms with E-state index >= 15 is 0 Å². The minimum atomic E-state index is -3.68. The van der Waals surface area contributed by atoms with Gasteiger partial charge in [0, 0.05) is 19.6 Å². The average molecular weight is 423 g/mol. The third-order valence-corrected chi connectivity index (χ3v) is 6.79. The van der Waals surface area contributed by atoms with E-state index < -0.39 is 10.0 Å². The van der Waals surface area contributed by atoms with E-state index in [0.717, 1.165) is 12.8 Å². The molecule has 0 unspecified atom stereocenters. The summed E-state index contributed by atoms with van der Waals surface area (Å²) in [4.78, 5) is 12.6. The van der Waals surface area contributed by atoms with Gasteiger partial charge in [0.25, 0.3) is 5.91 Å². The molecule has 1 amide bonds. The minimum absolute atomic E-state index is 0.0632. The second-order valence-corrected chi connectivity index (χ2v) is 8.85. The zero-order valence-electron chi connectivity index (χ0n) is 15.4. The summed E-state index contributed by atoms with van der Waals surface area (Å²) in [5.41, 5.74) is 1.36. The number of benzene rings is 2. The highest BCUT2D eigenvalue weighted by Gasteiger charge is 2.27. The Kier molecular flexibility index (Phi) is 7.07. The number of ether oxygens (including phenoxy) is 1. The van der Waals surface area contributed by atoms with Gasteiger partial charge in [-0.05, 0) is 36.6 Å². The van der Waals surface area contributed by atoms with Crippen LogP contribution in [0.3, 0.4) is 0 Å². The third-order valence-electron chi connectivity index (χ3n) is 4.56. The number of halogens is 1. The molecule has 0 aliphatic carbocycles. The maximum atomic E-state index is 12.8. The second kappa shape index (κ2) is 9.52. The Morgan fingerprint density at radius 3 is 2.54 bits per heavy atom. The molecule has 1 heterocycles. The van der Waals surface area contributed by atoms with E-state index in [2.05, 4.69) is 5.32 Å². The quantitative estimate of drug-likeness (QED) is 0.696. The van der Waals surface area contributed by atoms with Crippen LogP contribution in [-0.4, -0.2) is 51.5 Å². The molecule has 150 valence electrons. The molecular formula is C20H23ClN2O4S. The van der Waals surface area contributed by atoms with Gasteiger partial charge in [0.1, 0.15) is 0 Å². The average Bonchev–Trinajstić information content (AvgIpc) is 2.72. The molecule has 2 aromatic rings. The topological polar surface area (TPSA) is 75.7 Å². The summed E-state index contributed by atoms with van der Waals surface area (Å²) < 4.78 is 32.1.